The number of alkyl halides is 3. The second-order valence-electron chi connectivity index (χ2n) is 3.13. The van der Waals surface area contributed by atoms with Crippen molar-refractivity contribution in [3.63, 3.8) is 0 Å². The molecule has 0 fully saturated rings. The van der Waals surface area contributed by atoms with Crippen molar-refractivity contribution < 1.29 is 25.8 Å². The Bertz CT molecular complexity index is 358. The maximum atomic E-state index is 11.8. The number of hydrogen-bond acceptors (Lipinski definition) is 4. The second kappa shape index (κ2) is 5.47. The van der Waals surface area contributed by atoms with E-state index in [1.807, 2.05) is 0 Å². The molecular weight excluding hydrogens is 249 g/mol. The number of rotatable bonds is 5. The van der Waals surface area contributed by atoms with Gasteiger partial charge in [-0.1, -0.05) is 0 Å². The van der Waals surface area contributed by atoms with E-state index in [1.54, 1.807) is 0 Å². The lowest BCUT2D eigenvalue weighted by molar-refractivity contribution is -0.153. The van der Waals surface area contributed by atoms with Gasteiger partial charge in [0, 0.05) is 6.04 Å². The summed E-state index contributed by atoms with van der Waals surface area (Å²) in [6.07, 6.45) is -4.73. The summed E-state index contributed by atoms with van der Waals surface area (Å²) in [4.78, 5) is 0. The van der Waals surface area contributed by atoms with Crippen molar-refractivity contribution in [3.8, 4) is 6.07 Å². The quantitative estimate of drug-likeness (QED) is 0.692. The fourth-order valence-electron chi connectivity index (χ4n) is 0.798. The summed E-state index contributed by atoms with van der Waals surface area (Å²) >= 11 is 0. The largest absolute Gasteiger partial charge is 0.413 e. The summed E-state index contributed by atoms with van der Waals surface area (Å²) in [5, 5.41) is 8.34. The minimum atomic E-state index is -4.73. The van der Waals surface area contributed by atoms with Crippen LogP contribution in [0.25, 0.3) is 0 Å². The predicted octanol–water partition coefficient (Wildman–Crippen LogP) is 1.04. The summed E-state index contributed by atoms with van der Waals surface area (Å²) in [5.74, 6) is 0. The lowest BCUT2D eigenvalue weighted by Gasteiger charge is -2.22. The predicted molar refractivity (Wildman–Crippen MR) is 48.4 cm³/mol. The maximum absolute atomic E-state index is 11.8. The topological polar surface area (TPSA) is 70.4 Å². The highest BCUT2D eigenvalue weighted by Crippen LogP contribution is 2.18. The molecule has 0 bridgehead atoms. The molecule has 0 unspecified atom stereocenters. The molecule has 0 aromatic heterocycles. The molecule has 0 aliphatic heterocycles. The first-order valence-corrected chi connectivity index (χ1v) is 5.56. The second-order valence-corrected chi connectivity index (χ2v) is 4.69. The summed E-state index contributed by atoms with van der Waals surface area (Å²) in [6.45, 7) is 0.388. The molecule has 0 heterocycles. The van der Waals surface area contributed by atoms with Crippen molar-refractivity contribution in [2.24, 2.45) is 0 Å². The van der Waals surface area contributed by atoms with Crippen molar-refractivity contribution in [1.29, 1.82) is 5.26 Å². The minimum Gasteiger partial charge on any atom is -0.248 e. The molecule has 0 radical (unpaired) electrons. The molecule has 0 aliphatic carbocycles. The Kier molecular flexibility index (Phi) is 5.18. The van der Waals surface area contributed by atoms with Gasteiger partial charge in [0.1, 0.15) is 6.54 Å². The van der Waals surface area contributed by atoms with Gasteiger partial charge in [-0.15, -0.1) is 0 Å². The van der Waals surface area contributed by atoms with E-state index in [0.717, 1.165) is 0 Å². The van der Waals surface area contributed by atoms with Crippen LogP contribution in [-0.2, 0) is 14.5 Å². The van der Waals surface area contributed by atoms with Crippen molar-refractivity contribution in [1.82, 2.24) is 4.31 Å². The molecule has 94 valence electrons. The third kappa shape index (κ3) is 5.29. The molecule has 0 atom stereocenters. The molecule has 0 aromatic carbocycles. The van der Waals surface area contributed by atoms with Gasteiger partial charge in [-0.3, -0.25) is 0 Å². The zero-order valence-corrected chi connectivity index (χ0v) is 9.47. The smallest absolute Gasteiger partial charge is 0.248 e. The summed E-state index contributed by atoms with van der Waals surface area (Å²) < 4.78 is 62.1. The van der Waals surface area contributed by atoms with Gasteiger partial charge >= 0.3 is 16.5 Å². The average molecular weight is 260 g/mol. The Morgan fingerprint density at radius 2 is 1.94 bits per heavy atom. The Morgan fingerprint density at radius 1 is 1.44 bits per heavy atom. The van der Waals surface area contributed by atoms with Crippen LogP contribution in [0.3, 0.4) is 0 Å². The van der Waals surface area contributed by atoms with Gasteiger partial charge in [0.2, 0.25) is 0 Å². The summed E-state index contributed by atoms with van der Waals surface area (Å²) in [6, 6.07) is 0.883. The molecule has 16 heavy (non-hydrogen) atoms. The molecule has 0 N–H and O–H groups in total. The normalized spacial score (nSPS) is 13.1. The molecule has 0 spiro atoms. The Balaban J connectivity index is 4.70. The number of hydrogen-bond donors (Lipinski definition) is 0. The zero-order valence-electron chi connectivity index (χ0n) is 8.65. The number of nitrogens with zero attached hydrogens (tertiary/aromatic N) is 2. The van der Waals surface area contributed by atoms with Crippen molar-refractivity contribution in [2.75, 3.05) is 13.2 Å². The van der Waals surface area contributed by atoms with Crippen LogP contribution in [0.1, 0.15) is 13.8 Å². The molecule has 0 rings (SSSR count). The van der Waals surface area contributed by atoms with Crippen LogP contribution in [0.2, 0.25) is 0 Å². The molecule has 0 saturated heterocycles. The minimum absolute atomic E-state index is 0.540. The SMILES string of the molecule is CC(C)N(CC#N)S(=O)(=O)OCC(F)(F)F. The lowest BCUT2D eigenvalue weighted by atomic mass is 10.4. The molecule has 0 aliphatic rings. The third-order valence-electron chi connectivity index (χ3n) is 1.46. The third-order valence-corrected chi connectivity index (χ3v) is 3.00. The van der Waals surface area contributed by atoms with E-state index in [2.05, 4.69) is 4.18 Å². The van der Waals surface area contributed by atoms with E-state index in [4.69, 9.17) is 5.26 Å². The monoisotopic (exact) mass is 260 g/mol. The first-order chi connectivity index (χ1) is 7.10. The molecule has 9 heteroatoms. The number of nitriles is 1. The first-order valence-electron chi connectivity index (χ1n) is 4.20. The highest BCUT2D eigenvalue weighted by Gasteiger charge is 2.34. The van der Waals surface area contributed by atoms with Gasteiger partial charge in [-0.25, -0.2) is 4.18 Å². The molecule has 0 saturated carbocycles. The van der Waals surface area contributed by atoms with Crippen molar-refractivity contribution in [3.05, 3.63) is 0 Å². The van der Waals surface area contributed by atoms with Gasteiger partial charge < -0.3 is 0 Å². The lowest BCUT2D eigenvalue weighted by Crippen LogP contribution is -2.39. The zero-order chi connectivity index (χ0) is 13.0. The molecule has 0 amide bonds. The standard InChI is InChI=1S/C7H11F3N2O3S/c1-6(2)12(4-3-11)16(13,14)15-5-7(8,9)10/h6H,4-5H2,1-2H3. The van der Waals surface area contributed by atoms with Crippen LogP contribution in [0.5, 0.6) is 0 Å². The van der Waals surface area contributed by atoms with Crippen LogP contribution in [0, 0.1) is 11.3 Å². The maximum Gasteiger partial charge on any atom is 0.413 e. The highest BCUT2D eigenvalue weighted by molar-refractivity contribution is 7.84. The fraction of sp³-hybridized carbons (Fsp3) is 0.857. The average Bonchev–Trinajstić information content (AvgIpc) is 2.09. The van der Waals surface area contributed by atoms with E-state index in [-0.39, 0.29) is 0 Å². The van der Waals surface area contributed by atoms with Gasteiger partial charge in [0.15, 0.2) is 6.61 Å². The Morgan fingerprint density at radius 3 is 2.25 bits per heavy atom. The summed E-state index contributed by atoms with van der Waals surface area (Å²) in [5.41, 5.74) is 0. The molecule has 5 nitrogen and oxygen atoms in total. The van der Waals surface area contributed by atoms with Gasteiger partial charge in [-0.2, -0.15) is 31.2 Å². The molecule has 0 aromatic rings. The number of halogens is 3. The fourth-order valence-corrected chi connectivity index (χ4v) is 1.95. The van der Waals surface area contributed by atoms with Crippen LogP contribution in [-0.4, -0.2) is 38.1 Å². The van der Waals surface area contributed by atoms with Crippen LogP contribution in [0.15, 0.2) is 0 Å². The van der Waals surface area contributed by atoms with Crippen molar-refractivity contribution in [2.45, 2.75) is 26.1 Å². The van der Waals surface area contributed by atoms with Crippen LogP contribution in [0.4, 0.5) is 13.2 Å². The van der Waals surface area contributed by atoms with E-state index in [9.17, 15) is 21.6 Å². The van der Waals surface area contributed by atoms with Gasteiger partial charge in [-0.05, 0) is 13.8 Å². The highest BCUT2D eigenvalue weighted by atomic mass is 32.2. The molecular formula is C7H11F3N2O3S. The van der Waals surface area contributed by atoms with E-state index >= 15 is 0 Å². The van der Waals surface area contributed by atoms with Crippen LogP contribution < -0.4 is 0 Å². The van der Waals surface area contributed by atoms with Gasteiger partial charge in [0.05, 0.1) is 6.07 Å². The van der Waals surface area contributed by atoms with Crippen molar-refractivity contribution >= 4 is 10.3 Å². The first kappa shape index (κ1) is 15.2. The van der Waals surface area contributed by atoms with E-state index < -0.39 is 35.7 Å². The van der Waals surface area contributed by atoms with E-state index in [0.29, 0.717) is 4.31 Å². The van der Waals surface area contributed by atoms with Crippen LogP contribution >= 0.6 is 0 Å². The van der Waals surface area contributed by atoms with Gasteiger partial charge in [0.25, 0.3) is 0 Å². The van der Waals surface area contributed by atoms with E-state index in [1.165, 1.54) is 19.9 Å². The summed E-state index contributed by atoms with van der Waals surface area (Å²) in [7, 11) is -4.53. The Hall–Kier alpha value is -0.850. The Labute approximate surface area is 91.7 Å².